The zero-order chi connectivity index (χ0) is 14.9. The first-order chi connectivity index (χ1) is 9.52. The van der Waals surface area contributed by atoms with E-state index < -0.39 is 0 Å². The first-order valence-electron chi connectivity index (χ1n) is 9.52. The SMILES string of the molecule is CCCC(C)C1CCCC2C(CC)C(C)C(C(C)C)C12. The van der Waals surface area contributed by atoms with E-state index in [1.165, 1.54) is 38.5 Å². The molecule has 0 nitrogen and oxygen atoms in total. The van der Waals surface area contributed by atoms with Crippen molar-refractivity contribution >= 4 is 0 Å². The Morgan fingerprint density at radius 1 is 1.05 bits per heavy atom. The molecule has 7 unspecified atom stereocenters. The lowest BCUT2D eigenvalue weighted by Crippen LogP contribution is -2.35. The molecule has 2 aliphatic carbocycles. The molecule has 20 heavy (non-hydrogen) atoms. The molecule has 2 aliphatic rings. The molecule has 0 bridgehead atoms. The van der Waals surface area contributed by atoms with Crippen molar-refractivity contribution in [3.63, 3.8) is 0 Å². The normalized spacial score (nSPS) is 42.8. The average Bonchev–Trinajstić information content (AvgIpc) is 2.70. The highest BCUT2D eigenvalue weighted by Crippen LogP contribution is 2.59. The third-order valence-corrected chi connectivity index (χ3v) is 7.06. The molecule has 0 aliphatic heterocycles. The van der Waals surface area contributed by atoms with Gasteiger partial charge in [-0.25, -0.2) is 0 Å². The third kappa shape index (κ3) is 2.81. The summed E-state index contributed by atoms with van der Waals surface area (Å²) in [6.45, 7) is 14.9. The summed E-state index contributed by atoms with van der Waals surface area (Å²) in [7, 11) is 0. The standard InChI is InChI=1S/C20H38/c1-7-10-14(5)17-11-9-12-18-16(8-2)15(6)19(13(3)4)20(17)18/h13-20H,7-12H2,1-6H3. The molecule has 0 radical (unpaired) electrons. The zero-order valence-corrected chi connectivity index (χ0v) is 14.9. The Kier molecular flexibility index (Phi) is 5.60. The molecular weight excluding hydrogens is 240 g/mol. The Bertz CT molecular complexity index is 292. The molecular formula is C20H38. The minimum atomic E-state index is 0.878. The maximum Gasteiger partial charge on any atom is -0.0319 e. The number of fused-ring (bicyclic) bond motifs is 1. The van der Waals surface area contributed by atoms with Crippen LogP contribution < -0.4 is 0 Å². The smallest absolute Gasteiger partial charge is 0.0319 e. The van der Waals surface area contributed by atoms with Crippen LogP contribution in [0.15, 0.2) is 0 Å². The van der Waals surface area contributed by atoms with Crippen molar-refractivity contribution in [2.24, 2.45) is 47.3 Å². The van der Waals surface area contributed by atoms with E-state index in [2.05, 4.69) is 41.5 Å². The monoisotopic (exact) mass is 278 g/mol. The quantitative estimate of drug-likeness (QED) is 0.545. The van der Waals surface area contributed by atoms with Gasteiger partial charge in [0.15, 0.2) is 0 Å². The van der Waals surface area contributed by atoms with Crippen LogP contribution in [0.2, 0.25) is 0 Å². The topological polar surface area (TPSA) is 0 Å². The van der Waals surface area contributed by atoms with Crippen molar-refractivity contribution in [2.75, 3.05) is 0 Å². The van der Waals surface area contributed by atoms with E-state index in [-0.39, 0.29) is 0 Å². The Morgan fingerprint density at radius 3 is 2.30 bits per heavy atom. The van der Waals surface area contributed by atoms with Gasteiger partial charge in [-0.15, -0.1) is 0 Å². The van der Waals surface area contributed by atoms with Crippen LogP contribution in [0.5, 0.6) is 0 Å². The Balaban J connectivity index is 2.25. The summed E-state index contributed by atoms with van der Waals surface area (Å²) >= 11 is 0. The van der Waals surface area contributed by atoms with Gasteiger partial charge in [-0.2, -0.15) is 0 Å². The van der Waals surface area contributed by atoms with Crippen LogP contribution >= 0.6 is 0 Å². The van der Waals surface area contributed by atoms with Gasteiger partial charge >= 0.3 is 0 Å². The van der Waals surface area contributed by atoms with Gasteiger partial charge in [0.25, 0.3) is 0 Å². The largest absolute Gasteiger partial charge is 0.0654 e. The van der Waals surface area contributed by atoms with Gasteiger partial charge in [0.1, 0.15) is 0 Å². The van der Waals surface area contributed by atoms with E-state index in [1.54, 1.807) is 0 Å². The summed E-state index contributed by atoms with van der Waals surface area (Å²) in [5.74, 6) is 7.94. The van der Waals surface area contributed by atoms with Crippen LogP contribution in [0.3, 0.4) is 0 Å². The van der Waals surface area contributed by atoms with Crippen molar-refractivity contribution in [3.8, 4) is 0 Å². The van der Waals surface area contributed by atoms with Crippen LogP contribution in [0.1, 0.15) is 80.1 Å². The first-order valence-corrected chi connectivity index (χ1v) is 9.52. The number of rotatable bonds is 5. The summed E-state index contributed by atoms with van der Waals surface area (Å²) in [6, 6.07) is 0. The maximum atomic E-state index is 2.58. The van der Waals surface area contributed by atoms with Crippen molar-refractivity contribution in [3.05, 3.63) is 0 Å². The predicted molar refractivity (Wildman–Crippen MR) is 89.7 cm³/mol. The summed E-state index contributed by atoms with van der Waals surface area (Å²) in [5, 5.41) is 0. The maximum absolute atomic E-state index is 2.58. The molecule has 118 valence electrons. The lowest BCUT2D eigenvalue weighted by molar-refractivity contribution is 0.0643. The second-order valence-electron chi connectivity index (χ2n) is 8.35. The number of hydrogen-bond donors (Lipinski definition) is 0. The van der Waals surface area contributed by atoms with Gasteiger partial charge in [0.05, 0.1) is 0 Å². The van der Waals surface area contributed by atoms with Crippen molar-refractivity contribution in [1.82, 2.24) is 0 Å². The Labute approximate surface area is 128 Å². The fraction of sp³-hybridized carbons (Fsp3) is 1.00. The Morgan fingerprint density at radius 2 is 1.75 bits per heavy atom. The molecule has 0 heteroatoms. The van der Waals surface area contributed by atoms with E-state index >= 15 is 0 Å². The first kappa shape index (κ1) is 16.4. The molecule has 0 N–H and O–H groups in total. The van der Waals surface area contributed by atoms with Crippen molar-refractivity contribution < 1.29 is 0 Å². The van der Waals surface area contributed by atoms with Gasteiger partial charge in [-0.1, -0.05) is 67.2 Å². The predicted octanol–water partition coefficient (Wildman–Crippen LogP) is 6.40. The Hall–Kier alpha value is 0. The molecule has 2 fully saturated rings. The van der Waals surface area contributed by atoms with Crippen LogP contribution in [0, 0.1) is 47.3 Å². The average molecular weight is 279 g/mol. The second-order valence-corrected chi connectivity index (χ2v) is 8.35. The van der Waals surface area contributed by atoms with Crippen molar-refractivity contribution in [1.29, 1.82) is 0 Å². The molecule has 0 aromatic carbocycles. The molecule has 7 atom stereocenters. The molecule has 0 amide bonds. The van der Waals surface area contributed by atoms with Gasteiger partial charge < -0.3 is 0 Å². The molecule has 0 spiro atoms. The van der Waals surface area contributed by atoms with Crippen LogP contribution in [0.4, 0.5) is 0 Å². The molecule has 0 aromatic rings. The summed E-state index contributed by atoms with van der Waals surface area (Å²) in [4.78, 5) is 0. The molecule has 2 saturated carbocycles. The third-order valence-electron chi connectivity index (χ3n) is 7.06. The van der Waals surface area contributed by atoms with Gasteiger partial charge in [0.2, 0.25) is 0 Å². The molecule has 0 aromatic heterocycles. The lowest BCUT2D eigenvalue weighted by atomic mass is 9.63. The van der Waals surface area contributed by atoms with Crippen LogP contribution in [-0.4, -0.2) is 0 Å². The minimum absolute atomic E-state index is 0.878. The van der Waals surface area contributed by atoms with Crippen LogP contribution in [-0.2, 0) is 0 Å². The highest BCUT2D eigenvalue weighted by atomic mass is 14.6. The molecule has 0 saturated heterocycles. The lowest BCUT2D eigenvalue weighted by Gasteiger charge is -2.42. The van der Waals surface area contributed by atoms with E-state index in [4.69, 9.17) is 0 Å². The van der Waals surface area contributed by atoms with Gasteiger partial charge in [-0.3, -0.25) is 0 Å². The van der Waals surface area contributed by atoms with Crippen LogP contribution in [0.25, 0.3) is 0 Å². The second kappa shape index (κ2) is 6.84. The zero-order valence-electron chi connectivity index (χ0n) is 14.9. The van der Waals surface area contributed by atoms with E-state index in [1.807, 2.05) is 0 Å². The van der Waals surface area contributed by atoms with Gasteiger partial charge in [0, 0.05) is 0 Å². The summed E-state index contributed by atoms with van der Waals surface area (Å²) < 4.78 is 0. The fourth-order valence-electron chi connectivity index (χ4n) is 6.45. The summed E-state index contributed by atoms with van der Waals surface area (Å²) in [5.41, 5.74) is 0. The fourth-order valence-corrected chi connectivity index (χ4v) is 6.45. The highest BCUT2D eigenvalue weighted by molar-refractivity contribution is 5.01. The highest BCUT2D eigenvalue weighted by Gasteiger charge is 2.52. The molecule has 0 heterocycles. The van der Waals surface area contributed by atoms with E-state index in [0.717, 1.165) is 47.3 Å². The summed E-state index contributed by atoms with van der Waals surface area (Å²) in [6.07, 6.45) is 8.80. The molecule has 2 rings (SSSR count). The van der Waals surface area contributed by atoms with E-state index in [9.17, 15) is 0 Å². The van der Waals surface area contributed by atoms with Gasteiger partial charge in [-0.05, 0) is 60.2 Å². The van der Waals surface area contributed by atoms with Crippen molar-refractivity contribution in [2.45, 2.75) is 80.1 Å². The van der Waals surface area contributed by atoms with E-state index in [0.29, 0.717) is 0 Å². The minimum Gasteiger partial charge on any atom is -0.0654 e. The number of hydrogen-bond acceptors (Lipinski definition) is 0.